The molecule has 2 amide bonds. The summed E-state index contributed by atoms with van der Waals surface area (Å²) in [5.74, 6) is 1.65. The first-order chi connectivity index (χ1) is 15.7. The van der Waals surface area contributed by atoms with Crippen LogP contribution in [-0.2, 0) is 0 Å². The van der Waals surface area contributed by atoms with Crippen molar-refractivity contribution in [3.8, 4) is 11.5 Å². The predicted octanol–water partition coefficient (Wildman–Crippen LogP) is 4.25. The number of likely N-dealkylation sites (tertiary alicyclic amines) is 2. The fraction of sp³-hybridized carbons (Fsp3) is 0.462. The summed E-state index contributed by atoms with van der Waals surface area (Å²) < 4.78 is 11.4. The van der Waals surface area contributed by atoms with E-state index in [4.69, 9.17) is 9.47 Å². The molecule has 2 heterocycles. The molecule has 170 valence electrons. The Morgan fingerprint density at radius 3 is 2.50 bits per heavy atom. The van der Waals surface area contributed by atoms with Crippen molar-refractivity contribution in [1.82, 2.24) is 9.80 Å². The second kappa shape index (κ2) is 10.5. The fourth-order valence-electron chi connectivity index (χ4n) is 4.59. The Kier molecular flexibility index (Phi) is 7.30. The van der Waals surface area contributed by atoms with Crippen LogP contribution in [0.5, 0.6) is 11.5 Å². The van der Waals surface area contributed by atoms with Crippen molar-refractivity contribution >= 4 is 11.8 Å². The molecule has 0 N–H and O–H groups in total. The molecule has 2 aliphatic rings. The number of ether oxygens (including phenoxy) is 2. The van der Waals surface area contributed by atoms with E-state index in [0.717, 1.165) is 45.3 Å². The average molecular weight is 437 g/mol. The molecule has 1 atom stereocenters. The Bertz CT molecular complexity index is 939. The van der Waals surface area contributed by atoms with Gasteiger partial charge in [0.1, 0.15) is 11.5 Å². The summed E-state index contributed by atoms with van der Waals surface area (Å²) in [7, 11) is 1.59. The highest BCUT2D eigenvalue weighted by atomic mass is 16.5. The summed E-state index contributed by atoms with van der Waals surface area (Å²) in [5.41, 5.74) is 1.28. The monoisotopic (exact) mass is 436 g/mol. The molecule has 0 aromatic heterocycles. The van der Waals surface area contributed by atoms with Gasteiger partial charge in [-0.2, -0.15) is 0 Å². The maximum atomic E-state index is 13.0. The molecule has 0 bridgehead atoms. The van der Waals surface area contributed by atoms with E-state index in [1.165, 1.54) is 6.42 Å². The largest absolute Gasteiger partial charge is 0.496 e. The van der Waals surface area contributed by atoms with E-state index < -0.39 is 0 Å². The van der Waals surface area contributed by atoms with Gasteiger partial charge in [0, 0.05) is 37.7 Å². The number of methoxy groups -OCH3 is 1. The Morgan fingerprint density at radius 2 is 1.69 bits per heavy atom. The van der Waals surface area contributed by atoms with Gasteiger partial charge >= 0.3 is 0 Å². The van der Waals surface area contributed by atoms with Crippen LogP contribution < -0.4 is 9.47 Å². The smallest absolute Gasteiger partial charge is 0.257 e. The molecule has 6 nitrogen and oxygen atoms in total. The first kappa shape index (κ1) is 22.2. The molecule has 6 heteroatoms. The third-order valence-corrected chi connectivity index (χ3v) is 6.35. The quantitative estimate of drug-likeness (QED) is 0.679. The first-order valence-electron chi connectivity index (χ1n) is 11.6. The zero-order chi connectivity index (χ0) is 22.3. The highest BCUT2D eigenvalue weighted by Gasteiger charge is 2.26. The van der Waals surface area contributed by atoms with Gasteiger partial charge in [0.15, 0.2) is 0 Å². The van der Waals surface area contributed by atoms with Crippen LogP contribution >= 0.6 is 0 Å². The number of carbonyl (C=O) groups excluding carboxylic acids is 2. The van der Waals surface area contributed by atoms with E-state index >= 15 is 0 Å². The van der Waals surface area contributed by atoms with Gasteiger partial charge in [0.25, 0.3) is 11.8 Å². The van der Waals surface area contributed by atoms with Crippen LogP contribution in [0.25, 0.3) is 0 Å². The number of amides is 2. The number of nitrogens with zero attached hydrogens (tertiary/aromatic N) is 2. The SMILES string of the molecule is COc1ccccc1C(=O)N1CCCC(COc2cccc(C(=O)N3CCCCC3)c2)C1. The number of piperidine rings is 2. The van der Waals surface area contributed by atoms with Crippen LogP contribution in [-0.4, -0.2) is 61.5 Å². The lowest BCUT2D eigenvalue weighted by Gasteiger charge is -2.33. The van der Waals surface area contributed by atoms with E-state index in [0.29, 0.717) is 35.8 Å². The topological polar surface area (TPSA) is 59.1 Å². The van der Waals surface area contributed by atoms with E-state index in [9.17, 15) is 9.59 Å². The lowest BCUT2D eigenvalue weighted by molar-refractivity contribution is 0.0628. The maximum Gasteiger partial charge on any atom is 0.257 e. The third-order valence-electron chi connectivity index (χ3n) is 6.35. The Balaban J connectivity index is 1.35. The highest BCUT2D eigenvalue weighted by molar-refractivity contribution is 5.97. The van der Waals surface area contributed by atoms with Crippen LogP contribution in [0.15, 0.2) is 48.5 Å². The second-order valence-corrected chi connectivity index (χ2v) is 8.65. The van der Waals surface area contributed by atoms with Gasteiger partial charge in [0.2, 0.25) is 0 Å². The Hall–Kier alpha value is -3.02. The van der Waals surface area contributed by atoms with E-state index in [1.807, 2.05) is 58.3 Å². The second-order valence-electron chi connectivity index (χ2n) is 8.65. The van der Waals surface area contributed by atoms with Crippen molar-refractivity contribution in [2.75, 3.05) is 39.9 Å². The maximum absolute atomic E-state index is 13.0. The van der Waals surface area contributed by atoms with Crippen LogP contribution in [0.3, 0.4) is 0 Å². The number of hydrogen-bond acceptors (Lipinski definition) is 4. The minimum Gasteiger partial charge on any atom is -0.496 e. The average Bonchev–Trinajstić information content (AvgIpc) is 2.87. The molecule has 32 heavy (non-hydrogen) atoms. The molecule has 2 aliphatic heterocycles. The molecule has 1 unspecified atom stereocenters. The molecule has 4 rings (SSSR count). The summed E-state index contributed by atoms with van der Waals surface area (Å²) >= 11 is 0. The summed E-state index contributed by atoms with van der Waals surface area (Å²) in [6, 6.07) is 14.8. The third kappa shape index (κ3) is 5.23. The van der Waals surface area contributed by atoms with Gasteiger partial charge in [-0.25, -0.2) is 0 Å². The summed E-state index contributed by atoms with van der Waals surface area (Å²) in [6.45, 7) is 3.59. The lowest BCUT2D eigenvalue weighted by atomic mass is 9.98. The number of para-hydroxylation sites is 1. The lowest BCUT2D eigenvalue weighted by Crippen LogP contribution is -2.41. The minimum atomic E-state index is 0.00118. The zero-order valence-corrected chi connectivity index (χ0v) is 18.8. The van der Waals surface area contributed by atoms with E-state index in [-0.39, 0.29) is 17.7 Å². The molecule has 0 radical (unpaired) electrons. The number of hydrogen-bond donors (Lipinski definition) is 0. The normalized spacial score (nSPS) is 18.8. The highest BCUT2D eigenvalue weighted by Crippen LogP contribution is 2.25. The van der Waals surface area contributed by atoms with E-state index in [2.05, 4.69) is 0 Å². The van der Waals surface area contributed by atoms with Crippen molar-refractivity contribution in [2.24, 2.45) is 5.92 Å². The molecular formula is C26H32N2O4. The standard InChI is InChI=1S/C26H32N2O4/c1-31-24-13-4-3-12-23(24)26(30)28-16-8-9-20(18-28)19-32-22-11-7-10-21(17-22)25(29)27-14-5-2-6-15-27/h3-4,7,10-13,17,20H,2,5-6,8-9,14-16,18-19H2,1H3. The van der Waals surface area contributed by atoms with E-state index in [1.54, 1.807) is 7.11 Å². The molecule has 0 spiro atoms. The van der Waals surface area contributed by atoms with Crippen LogP contribution in [0.2, 0.25) is 0 Å². The molecule has 2 aromatic carbocycles. The van der Waals surface area contributed by atoms with Crippen LogP contribution in [0.4, 0.5) is 0 Å². The molecule has 0 saturated carbocycles. The van der Waals surface area contributed by atoms with Crippen LogP contribution in [0.1, 0.15) is 52.8 Å². The van der Waals surface area contributed by atoms with Crippen molar-refractivity contribution in [3.63, 3.8) is 0 Å². The number of benzene rings is 2. The van der Waals surface area contributed by atoms with Crippen molar-refractivity contribution in [1.29, 1.82) is 0 Å². The predicted molar refractivity (Wildman–Crippen MR) is 123 cm³/mol. The zero-order valence-electron chi connectivity index (χ0n) is 18.8. The van der Waals surface area contributed by atoms with Gasteiger partial charge in [-0.05, 0) is 62.4 Å². The van der Waals surface area contributed by atoms with Crippen molar-refractivity contribution in [2.45, 2.75) is 32.1 Å². The number of rotatable bonds is 6. The fourth-order valence-corrected chi connectivity index (χ4v) is 4.59. The minimum absolute atomic E-state index is 0.00118. The molecule has 2 fully saturated rings. The van der Waals surface area contributed by atoms with Crippen molar-refractivity contribution < 1.29 is 19.1 Å². The molecular weight excluding hydrogens is 404 g/mol. The summed E-state index contributed by atoms with van der Waals surface area (Å²) in [5, 5.41) is 0. The summed E-state index contributed by atoms with van der Waals surface area (Å²) in [6.07, 6.45) is 5.32. The van der Waals surface area contributed by atoms with Gasteiger partial charge in [-0.15, -0.1) is 0 Å². The van der Waals surface area contributed by atoms with Gasteiger partial charge < -0.3 is 19.3 Å². The molecule has 2 saturated heterocycles. The van der Waals surface area contributed by atoms with Crippen LogP contribution in [0, 0.1) is 5.92 Å². The number of carbonyl (C=O) groups is 2. The van der Waals surface area contributed by atoms with Gasteiger partial charge in [0.05, 0.1) is 19.3 Å². The van der Waals surface area contributed by atoms with Gasteiger partial charge in [-0.3, -0.25) is 9.59 Å². The van der Waals surface area contributed by atoms with Crippen molar-refractivity contribution in [3.05, 3.63) is 59.7 Å². The Labute approximate surface area is 190 Å². The summed E-state index contributed by atoms with van der Waals surface area (Å²) in [4.78, 5) is 29.6. The van der Waals surface area contributed by atoms with Gasteiger partial charge in [-0.1, -0.05) is 18.2 Å². The first-order valence-corrected chi connectivity index (χ1v) is 11.6. The molecule has 0 aliphatic carbocycles. The Morgan fingerprint density at radius 1 is 0.906 bits per heavy atom. The molecule has 2 aromatic rings.